The number of nitrogens with one attached hydrogen (secondary N) is 2. The summed E-state index contributed by atoms with van der Waals surface area (Å²) in [5.74, 6) is 1.46. The smallest absolute Gasteiger partial charge is 0.243 e. The van der Waals surface area contributed by atoms with Gasteiger partial charge in [-0.2, -0.15) is 0 Å². The molecule has 8 heteroatoms. The SMILES string of the molecule is COc1ccc(CCNC(=NCC(=O)N(C)C)NCC2CCCO2)cc1.I. The fourth-order valence-electron chi connectivity index (χ4n) is 2.60. The predicted octanol–water partition coefficient (Wildman–Crippen LogP) is 1.66. The first-order chi connectivity index (χ1) is 12.6. The van der Waals surface area contributed by atoms with Crippen LogP contribution in [0.4, 0.5) is 0 Å². The van der Waals surface area contributed by atoms with Crippen molar-refractivity contribution in [1.29, 1.82) is 0 Å². The average Bonchev–Trinajstić information content (AvgIpc) is 3.17. The first-order valence-electron chi connectivity index (χ1n) is 9.05. The minimum atomic E-state index is -0.0293. The van der Waals surface area contributed by atoms with Crippen molar-refractivity contribution >= 4 is 35.8 Å². The Morgan fingerprint density at radius 2 is 2.04 bits per heavy atom. The first kappa shape index (κ1) is 23.5. The summed E-state index contributed by atoms with van der Waals surface area (Å²) in [6, 6.07) is 8.00. The van der Waals surface area contributed by atoms with Gasteiger partial charge in [0, 0.05) is 33.8 Å². The Kier molecular flexibility index (Phi) is 11.1. The van der Waals surface area contributed by atoms with Crippen LogP contribution in [-0.2, 0) is 16.0 Å². The molecule has 1 fully saturated rings. The van der Waals surface area contributed by atoms with Crippen molar-refractivity contribution in [1.82, 2.24) is 15.5 Å². The molecule has 0 bridgehead atoms. The van der Waals surface area contributed by atoms with Crippen LogP contribution in [0.5, 0.6) is 5.75 Å². The van der Waals surface area contributed by atoms with Crippen molar-refractivity contribution < 1.29 is 14.3 Å². The molecule has 2 rings (SSSR count). The first-order valence-corrected chi connectivity index (χ1v) is 9.05. The number of guanidine groups is 1. The Bertz CT molecular complexity index is 587. The van der Waals surface area contributed by atoms with E-state index in [9.17, 15) is 4.79 Å². The number of amides is 1. The summed E-state index contributed by atoms with van der Waals surface area (Å²) in [6.07, 6.45) is 3.23. The number of nitrogens with zero attached hydrogens (tertiary/aromatic N) is 2. The van der Waals surface area contributed by atoms with E-state index in [1.165, 1.54) is 5.56 Å². The van der Waals surface area contributed by atoms with Gasteiger partial charge in [0.25, 0.3) is 0 Å². The highest BCUT2D eigenvalue weighted by atomic mass is 127. The topological polar surface area (TPSA) is 75.2 Å². The van der Waals surface area contributed by atoms with Gasteiger partial charge < -0.3 is 25.0 Å². The van der Waals surface area contributed by atoms with Crippen LogP contribution in [0.15, 0.2) is 29.3 Å². The van der Waals surface area contributed by atoms with Gasteiger partial charge in [0.1, 0.15) is 12.3 Å². The number of carbonyl (C=O) groups excluding carboxylic acids is 1. The zero-order valence-electron chi connectivity index (χ0n) is 16.4. The van der Waals surface area contributed by atoms with Gasteiger partial charge in [-0.05, 0) is 37.0 Å². The largest absolute Gasteiger partial charge is 0.497 e. The monoisotopic (exact) mass is 490 g/mol. The summed E-state index contributed by atoms with van der Waals surface area (Å²) >= 11 is 0. The molecular formula is C19H31IN4O3. The Morgan fingerprint density at radius 3 is 2.63 bits per heavy atom. The molecule has 0 aliphatic carbocycles. The third-order valence-electron chi connectivity index (χ3n) is 4.26. The van der Waals surface area contributed by atoms with E-state index < -0.39 is 0 Å². The van der Waals surface area contributed by atoms with Crippen molar-refractivity contribution in [3.8, 4) is 5.75 Å². The molecule has 1 unspecified atom stereocenters. The van der Waals surface area contributed by atoms with Crippen molar-refractivity contribution in [3.63, 3.8) is 0 Å². The van der Waals surface area contributed by atoms with Crippen LogP contribution < -0.4 is 15.4 Å². The number of hydrogen-bond donors (Lipinski definition) is 2. The van der Waals surface area contributed by atoms with Crippen LogP contribution in [0.1, 0.15) is 18.4 Å². The second-order valence-electron chi connectivity index (χ2n) is 6.49. The lowest BCUT2D eigenvalue weighted by atomic mass is 10.1. The fraction of sp³-hybridized carbons (Fsp3) is 0.579. The number of carbonyl (C=O) groups is 1. The second kappa shape index (κ2) is 12.8. The van der Waals surface area contributed by atoms with Gasteiger partial charge in [-0.3, -0.25) is 4.79 Å². The van der Waals surface area contributed by atoms with Crippen molar-refractivity contribution in [2.45, 2.75) is 25.4 Å². The lowest BCUT2D eigenvalue weighted by Gasteiger charge is -2.16. The van der Waals surface area contributed by atoms with E-state index >= 15 is 0 Å². The molecule has 1 aromatic carbocycles. The van der Waals surface area contributed by atoms with E-state index in [-0.39, 0.29) is 42.5 Å². The van der Waals surface area contributed by atoms with Crippen molar-refractivity contribution in [2.75, 3.05) is 47.4 Å². The van der Waals surface area contributed by atoms with Crippen molar-refractivity contribution in [3.05, 3.63) is 29.8 Å². The van der Waals surface area contributed by atoms with Gasteiger partial charge in [0.15, 0.2) is 5.96 Å². The van der Waals surface area contributed by atoms with Gasteiger partial charge >= 0.3 is 0 Å². The average molecular weight is 490 g/mol. The number of aliphatic imine (C=N–C) groups is 1. The molecule has 0 spiro atoms. The van der Waals surface area contributed by atoms with E-state index in [1.54, 1.807) is 26.1 Å². The molecule has 1 amide bonds. The fourth-order valence-corrected chi connectivity index (χ4v) is 2.60. The highest BCUT2D eigenvalue weighted by Gasteiger charge is 2.15. The summed E-state index contributed by atoms with van der Waals surface area (Å²) in [5, 5.41) is 6.58. The summed E-state index contributed by atoms with van der Waals surface area (Å²) in [7, 11) is 5.12. The number of benzene rings is 1. The Morgan fingerprint density at radius 1 is 1.30 bits per heavy atom. The van der Waals surface area contributed by atoms with E-state index in [2.05, 4.69) is 15.6 Å². The number of likely N-dealkylation sites (N-methyl/N-ethyl adjacent to an activating group) is 1. The minimum Gasteiger partial charge on any atom is -0.497 e. The summed E-state index contributed by atoms with van der Waals surface area (Å²) in [6.45, 7) is 2.36. The molecule has 1 saturated heterocycles. The van der Waals surface area contributed by atoms with E-state index in [1.807, 2.05) is 24.3 Å². The molecule has 0 saturated carbocycles. The molecule has 2 N–H and O–H groups in total. The quantitative estimate of drug-likeness (QED) is 0.330. The normalized spacial score (nSPS) is 16.4. The number of hydrogen-bond acceptors (Lipinski definition) is 4. The zero-order chi connectivity index (χ0) is 18.8. The van der Waals surface area contributed by atoms with Crippen LogP contribution in [0.2, 0.25) is 0 Å². The lowest BCUT2D eigenvalue weighted by Crippen LogP contribution is -2.42. The lowest BCUT2D eigenvalue weighted by molar-refractivity contribution is -0.127. The number of ether oxygens (including phenoxy) is 2. The van der Waals surface area contributed by atoms with Gasteiger partial charge in [-0.25, -0.2) is 4.99 Å². The standard InChI is InChI=1S/C19H30N4O3.HI/c1-23(2)18(24)14-22-19(21-13-17-5-4-12-26-17)20-11-10-15-6-8-16(25-3)9-7-15;/h6-9,17H,4-5,10-14H2,1-3H3,(H2,20,21,22);1H. The molecule has 0 aromatic heterocycles. The molecule has 152 valence electrons. The number of halogens is 1. The molecule has 1 atom stereocenters. The maximum atomic E-state index is 11.8. The van der Waals surface area contributed by atoms with E-state index in [0.29, 0.717) is 12.5 Å². The van der Waals surface area contributed by atoms with Gasteiger partial charge in [0.2, 0.25) is 5.91 Å². The Balaban J connectivity index is 0.00000364. The van der Waals surface area contributed by atoms with E-state index in [4.69, 9.17) is 9.47 Å². The van der Waals surface area contributed by atoms with Gasteiger partial charge in [-0.15, -0.1) is 24.0 Å². The Hall–Kier alpha value is -1.55. The maximum Gasteiger partial charge on any atom is 0.243 e. The molecule has 1 heterocycles. The summed E-state index contributed by atoms with van der Waals surface area (Å²) in [4.78, 5) is 17.7. The van der Waals surface area contributed by atoms with Crippen molar-refractivity contribution in [2.24, 2.45) is 4.99 Å². The van der Waals surface area contributed by atoms with Crippen LogP contribution in [0.3, 0.4) is 0 Å². The summed E-state index contributed by atoms with van der Waals surface area (Å²) < 4.78 is 10.8. The third kappa shape index (κ3) is 8.79. The predicted molar refractivity (Wildman–Crippen MR) is 118 cm³/mol. The molecular weight excluding hydrogens is 459 g/mol. The highest BCUT2D eigenvalue weighted by Crippen LogP contribution is 2.11. The Labute approximate surface area is 178 Å². The highest BCUT2D eigenvalue weighted by molar-refractivity contribution is 14.0. The van der Waals surface area contributed by atoms with Crippen LogP contribution in [0, 0.1) is 0 Å². The number of rotatable bonds is 8. The summed E-state index contributed by atoms with van der Waals surface area (Å²) in [5.41, 5.74) is 1.21. The third-order valence-corrected chi connectivity index (χ3v) is 4.26. The molecule has 1 aliphatic heterocycles. The molecule has 0 radical (unpaired) electrons. The molecule has 7 nitrogen and oxygen atoms in total. The van der Waals surface area contributed by atoms with Crippen LogP contribution in [-0.4, -0.2) is 70.3 Å². The molecule has 1 aliphatic rings. The number of methoxy groups -OCH3 is 1. The zero-order valence-corrected chi connectivity index (χ0v) is 18.7. The van der Waals surface area contributed by atoms with E-state index in [0.717, 1.165) is 38.2 Å². The van der Waals surface area contributed by atoms with Crippen LogP contribution in [0.25, 0.3) is 0 Å². The molecule has 1 aromatic rings. The van der Waals surface area contributed by atoms with Gasteiger partial charge in [0.05, 0.1) is 13.2 Å². The minimum absolute atomic E-state index is 0. The molecule has 27 heavy (non-hydrogen) atoms. The van der Waals surface area contributed by atoms with Crippen LogP contribution >= 0.6 is 24.0 Å². The maximum absolute atomic E-state index is 11.8. The van der Waals surface area contributed by atoms with Gasteiger partial charge in [-0.1, -0.05) is 12.1 Å². The second-order valence-corrected chi connectivity index (χ2v) is 6.49.